The Kier molecular flexibility index (Phi) is 4.39. The van der Waals surface area contributed by atoms with Crippen LogP contribution in [0.5, 0.6) is 0 Å². The number of hydrogen-bond acceptors (Lipinski definition) is 3. The van der Waals surface area contributed by atoms with Crippen LogP contribution >= 0.6 is 11.6 Å². The van der Waals surface area contributed by atoms with Crippen LogP contribution in [0.4, 0.5) is 0 Å². The highest BCUT2D eigenvalue weighted by atomic mass is 35.5. The van der Waals surface area contributed by atoms with E-state index in [1.807, 2.05) is 0 Å². The molecule has 0 radical (unpaired) electrons. The summed E-state index contributed by atoms with van der Waals surface area (Å²) in [6, 6.07) is 4.85. The summed E-state index contributed by atoms with van der Waals surface area (Å²) < 4.78 is 0. The fourth-order valence-corrected chi connectivity index (χ4v) is 2.94. The van der Waals surface area contributed by atoms with E-state index < -0.39 is 17.4 Å². The molecular weight excluding hydrogens is 306 g/mol. The van der Waals surface area contributed by atoms with Gasteiger partial charge in [0.25, 0.3) is 0 Å². The zero-order valence-electron chi connectivity index (χ0n) is 12.0. The summed E-state index contributed by atoms with van der Waals surface area (Å²) in [6.07, 6.45) is 2.92. The predicted octanol–water partition coefficient (Wildman–Crippen LogP) is 2.48. The zero-order valence-corrected chi connectivity index (χ0v) is 12.7. The zero-order chi connectivity index (χ0) is 16.5. The summed E-state index contributed by atoms with van der Waals surface area (Å²) in [5, 5.41) is 19.3. The van der Waals surface area contributed by atoms with Crippen LogP contribution in [-0.2, 0) is 21.5 Å². The number of nitrogens with two attached hydrogens (primary N) is 1. The van der Waals surface area contributed by atoms with Crippen LogP contribution in [-0.4, -0.2) is 22.2 Å². The molecule has 0 aromatic heterocycles. The van der Waals surface area contributed by atoms with Crippen LogP contribution in [0.1, 0.15) is 24.5 Å². The standard InChI is InChI=1S/C16H16ClNO4/c1-9-4-11(14(19)20)7-16(6-9,15(21)22)12-3-2-10(8-18)13(17)5-12/h2-6H,7-8,18H2,1H3,(H,19,20)(H,21,22). The third-order valence-corrected chi connectivity index (χ3v) is 4.14. The van der Waals surface area contributed by atoms with Gasteiger partial charge in [-0.2, -0.15) is 0 Å². The summed E-state index contributed by atoms with van der Waals surface area (Å²) in [6.45, 7) is 1.92. The molecule has 22 heavy (non-hydrogen) atoms. The van der Waals surface area contributed by atoms with Gasteiger partial charge < -0.3 is 15.9 Å². The first-order valence-electron chi connectivity index (χ1n) is 6.66. The molecule has 1 aromatic rings. The van der Waals surface area contributed by atoms with E-state index in [1.54, 1.807) is 31.2 Å². The van der Waals surface area contributed by atoms with Gasteiger partial charge in [-0.15, -0.1) is 0 Å². The largest absolute Gasteiger partial charge is 0.480 e. The number of hydrogen-bond donors (Lipinski definition) is 3. The SMILES string of the molecule is CC1=CC(C(=O)O)(c2ccc(CN)c(Cl)c2)CC(C(=O)O)=C1. The van der Waals surface area contributed by atoms with Crippen molar-refractivity contribution in [3.63, 3.8) is 0 Å². The van der Waals surface area contributed by atoms with Gasteiger partial charge in [0.1, 0.15) is 5.41 Å². The lowest BCUT2D eigenvalue weighted by Gasteiger charge is -2.30. The molecule has 0 saturated heterocycles. The maximum Gasteiger partial charge on any atom is 0.331 e. The van der Waals surface area contributed by atoms with Gasteiger partial charge in [-0.1, -0.05) is 35.4 Å². The number of carbonyl (C=O) groups is 2. The molecule has 0 amide bonds. The van der Waals surface area contributed by atoms with E-state index >= 15 is 0 Å². The number of allylic oxidation sites excluding steroid dienone is 2. The van der Waals surface area contributed by atoms with Crippen molar-refractivity contribution in [2.75, 3.05) is 0 Å². The fourth-order valence-electron chi connectivity index (χ4n) is 2.68. The Bertz CT molecular complexity index is 708. The maximum atomic E-state index is 11.9. The monoisotopic (exact) mass is 321 g/mol. The van der Waals surface area contributed by atoms with Crippen LogP contribution in [0.2, 0.25) is 5.02 Å². The molecule has 0 bridgehead atoms. The second-order valence-electron chi connectivity index (χ2n) is 5.33. The Morgan fingerprint density at radius 3 is 2.55 bits per heavy atom. The number of rotatable bonds is 4. The summed E-state index contributed by atoms with van der Waals surface area (Å²) in [5.74, 6) is -2.24. The molecule has 0 aliphatic heterocycles. The summed E-state index contributed by atoms with van der Waals surface area (Å²) >= 11 is 6.13. The summed E-state index contributed by atoms with van der Waals surface area (Å²) in [4.78, 5) is 23.2. The van der Waals surface area contributed by atoms with E-state index in [0.717, 1.165) is 0 Å². The first kappa shape index (κ1) is 16.3. The van der Waals surface area contributed by atoms with Gasteiger partial charge in [0.05, 0.1) is 0 Å². The number of benzene rings is 1. The third-order valence-electron chi connectivity index (χ3n) is 3.79. The molecule has 0 spiro atoms. The van der Waals surface area contributed by atoms with E-state index in [1.165, 1.54) is 6.08 Å². The van der Waals surface area contributed by atoms with Crippen LogP contribution in [0.15, 0.2) is 41.5 Å². The molecule has 0 fully saturated rings. The molecule has 0 heterocycles. The lowest BCUT2D eigenvalue weighted by molar-refractivity contribution is -0.142. The number of aliphatic carboxylic acids is 2. The summed E-state index contributed by atoms with van der Waals surface area (Å²) in [7, 11) is 0. The Hall–Kier alpha value is -2.11. The van der Waals surface area contributed by atoms with Gasteiger partial charge in [0, 0.05) is 23.6 Å². The molecule has 1 aliphatic carbocycles. The normalized spacial score (nSPS) is 21.0. The van der Waals surface area contributed by atoms with Crippen molar-refractivity contribution < 1.29 is 19.8 Å². The third kappa shape index (κ3) is 2.77. The minimum absolute atomic E-state index is 0.0569. The molecule has 1 unspecified atom stereocenters. The fraction of sp³-hybridized carbons (Fsp3) is 0.250. The highest BCUT2D eigenvalue weighted by Gasteiger charge is 2.42. The van der Waals surface area contributed by atoms with E-state index in [9.17, 15) is 19.8 Å². The van der Waals surface area contributed by atoms with Gasteiger partial charge in [-0.3, -0.25) is 4.79 Å². The summed E-state index contributed by atoms with van der Waals surface area (Å²) in [5.41, 5.74) is 5.90. The van der Waals surface area contributed by atoms with Crippen molar-refractivity contribution in [2.24, 2.45) is 5.73 Å². The van der Waals surface area contributed by atoms with Gasteiger partial charge >= 0.3 is 11.9 Å². The van der Waals surface area contributed by atoms with Crippen molar-refractivity contribution in [1.82, 2.24) is 0 Å². The Morgan fingerprint density at radius 2 is 2.05 bits per heavy atom. The van der Waals surface area contributed by atoms with Gasteiger partial charge in [0.2, 0.25) is 0 Å². The van der Waals surface area contributed by atoms with Crippen molar-refractivity contribution in [1.29, 1.82) is 0 Å². The maximum absolute atomic E-state index is 11.9. The first-order chi connectivity index (χ1) is 10.3. The van der Waals surface area contributed by atoms with Crippen molar-refractivity contribution >= 4 is 23.5 Å². The highest BCUT2D eigenvalue weighted by Crippen LogP contribution is 2.39. The molecule has 1 aromatic carbocycles. The van der Waals surface area contributed by atoms with Crippen LogP contribution in [0.3, 0.4) is 0 Å². The molecule has 5 nitrogen and oxygen atoms in total. The smallest absolute Gasteiger partial charge is 0.331 e. The predicted molar refractivity (Wildman–Crippen MR) is 82.8 cm³/mol. The van der Waals surface area contributed by atoms with Crippen LogP contribution < -0.4 is 5.73 Å². The average molecular weight is 322 g/mol. The molecular formula is C16H16ClNO4. The van der Waals surface area contributed by atoms with Gasteiger partial charge in [-0.05, 0) is 30.2 Å². The molecule has 1 atom stereocenters. The highest BCUT2D eigenvalue weighted by molar-refractivity contribution is 6.31. The number of carboxylic acid groups (broad SMARTS) is 2. The van der Waals surface area contributed by atoms with Crippen LogP contribution in [0.25, 0.3) is 0 Å². The quantitative estimate of drug-likeness (QED) is 0.791. The number of carboxylic acids is 2. The number of halogens is 1. The molecule has 4 N–H and O–H groups in total. The van der Waals surface area contributed by atoms with Gasteiger partial charge in [0.15, 0.2) is 0 Å². The second-order valence-corrected chi connectivity index (χ2v) is 5.73. The Balaban J connectivity index is 2.60. The molecule has 2 rings (SSSR count). The van der Waals surface area contributed by atoms with Crippen molar-refractivity contribution in [3.8, 4) is 0 Å². The average Bonchev–Trinajstić information content (AvgIpc) is 2.46. The Morgan fingerprint density at radius 1 is 1.36 bits per heavy atom. The molecule has 0 saturated carbocycles. The minimum atomic E-state index is -1.44. The Labute approximate surface area is 132 Å². The topological polar surface area (TPSA) is 101 Å². The van der Waals surface area contributed by atoms with Gasteiger partial charge in [-0.25, -0.2) is 4.79 Å². The van der Waals surface area contributed by atoms with E-state index in [0.29, 0.717) is 21.7 Å². The molecule has 116 valence electrons. The molecule has 1 aliphatic rings. The lowest BCUT2D eigenvalue weighted by atomic mass is 9.71. The van der Waals surface area contributed by atoms with Crippen molar-refractivity contribution in [3.05, 3.63) is 57.6 Å². The van der Waals surface area contributed by atoms with Crippen molar-refractivity contribution in [2.45, 2.75) is 25.3 Å². The van der Waals surface area contributed by atoms with E-state index in [-0.39, 0.29) is 18.5 Å². The van der Waals surface area contributed by atoms with E-state index in [2.05, 4.69) is 0 Å². The van der Waals surface area contributed by atoms with Crippen LogP contribution in [0, 0.1) is 0 Å². The second kappa shape index (κ2) is 5.94. The first-order valence-corrected chi connectivity index (χ1v) is 7.03. The van der Waals surface area contributed by atoms with E-state index in [4.69, 9.17) is 17.3 Å². The molecule has 6 heteroatoms. The lowest BCUT2D eigenvalue weighted by Crippen LogP contribution is -2.37. The minimum Gasteiger partial charge on any atom is -0.480 e.